The molecule has 1 heterocycles. The maximum Gasteiger partial charge on any atom is 0.208 e. The van der Waals surface area contributed by atoms with Crippen molar-refractivity contribution in [2.75, 3.05) is 11.4 Å². The molecule has 0 saturated heterocycles. The number of fused-ring (bicyclic) bond motifs is 1. The number of rotatable bonds is 3. The molecule has 0 aliphatic carbocycles. The van der Waals surface area contributed by atoms with Gasteiger partial charge in [0.15, 0.2) is 0 Å². The molecule has 2 aromatic carbocycles. The van der Waals surface area contributed by atoms with Crippen molar-refractivity contribution < 1.29 is 0 Å². The quantitative estimate of drug-likeness (QED) is 0.736. The third kappa shape index (κ3) is 2.23. The summed E-state index contributed by atoms with van der Waals surface area (Å²) in [7, 11) is 0. The van der Waals surface area contributed by atoms with Crippen molar-refractivity contribution >= 4 is 45.9 Å². The van der Waals surface area contributed by atoms with Crippen molar-refractivity contribution in [3.8, 4) is 0 Å². The van der Waals surface area contributed by atoms with Crippen LogP contribution in [0.4, 0.5) is 11.6 Å². The Bertz CT molecular complexity index is 698. The second-order valence-corrected chi connectivity index (χ2v) is 5.21. The van der Waals surface area contributed by atoms with E-state index in [1.54, 1.807) is 0 Å². The van der Waals surface area contributed by atoms with E-state index in [0.29, 0.717) is 16.6 Å². The first-order valence-electron chi connectivity index (χ1n) is 6.37. The molecule has 1 aromatic heterocycles. The van der Waals surface area contributed by atoms with E-state index < -0.39 is 0 Å². The van der Waals surface area contributed by atoms with Crippen LogP contribution < -0.4 is 4.90 Å². The van der Waals surface area contributed by atoms with Crippen molar-refractivity contribution in [1.82, 2.24) is 9.97 Å². The number of benzene rings is 2. The predicted octanol–water partition coefficient (Wildman–Crippen LogP) is 5.03. The first-order valence-corrected chi connectivity index (χ1v) is 7.12. The molecule has 0 atom stereocenters. The number of imidazole rings is 1. The molecule has 0 saturated carbocycles. The summed E-state index contributed by atoms with van der Waals surface area (Å²) in [5.41, 5.74) is 2.69. The van der Waals surface area contributed by atoms with E-state index >= 15 is 0 Å². The monoisotopic (exact) mass is 305 g/mol. The first-order chi connectivity index (χ1) is 9.70. The van der Waals surface area contributed by atoms with E-state index in [0.717, 1.165) is 22.7 Å². The molecule has 0 unspecified atom stereocenters. The molecule has 3 rings (SSSR count). The van der Waals surface area contributed by atoms with Gasteiger partial charge in [-0.3, -0.25) is 0 Å². The number of nitrogens with one attached hydrogen (secondary N) is 1. The van der Waals surface area contributed by atoms with Gasteiger partial charge in [0.05, 0.1) is 26.8 Å². The number of halogens is 2. The number of para-hydroxylation sites is 3. The number of hydrogen-bond donors (Lipinski definition) is 1. The molecule has 0 fully saturated rings. The topological polar surface area (TPSA) is 31.9 Å². The Labute approximate surface area is 127 Å². The lowest BCUT2D eigenvalue weighted by atomic mass is 10.3. The lowest BCUT2D eigenvalue weighted by molar-refractivity contribution is 0.975. The highest BCUT2D eigenvalue weighted by Gasteiger charge is 2.17. The molecule has 1 N–H and O–H groups in total. The second-order valence-electron chi connectivity index (χ2n) is 4.39. The van der Waals surface area contributed by atoms with Gasteiger partial charge in [-0.15, -0.1) is 0 Å². The summed E-state index contributed by atoms with van der Waals surface area (Å²) in [6, 6.07) is 13.4. The normalized spacial score (nSPS) is 10.9. The van der Waals surface area contributed by atoms with Crippen LogP contribution in [0.2, 0.25) is 10.0 Å². The molecule has 0 bridgehead atoms. The standard InChI is InChI=1S/C15H13Cl2N3/c1-2-20(14-10(16)6-5-7-11(14)17)15-18-12-8-3-4-9-13(12)19-15/h3-9H,2H2,1H3,(H,18,19). The van der Waals surface area contributed by atoms with Gasteiger partial charge in [-0.25, -0.2) is 4.98 Å². The smallest absolute Gasteiger partial charge is 0.208 e. The molecule has 3 aromatic rings. The number of nitrogens with zero attached hydrogens (tertiary/aromatic N) is 2. The molecule has 20 heavy (non-hydrogen) atoms. The highest BCUT2D eigenvalue weighted by Crippen LogP contribution is 2.37. The molecule has 102 valence electrons. The van der Waals surface area contributed by atoms with Gasteiger partial charge >= 0.3 is 0 Å². The summed E-state index contributed by atoms with van der Waals surface area (Å²) in [6.07, 6.45) is 0. The minimum absolute atomic E-state index is 0.611. The highest BCUT2D eigenvalue weighted by molar-refractivity contribution is 6.39. The fourth-order valence-corrected chi connectivity index (χ4v) is 2.83. The summed E-state index contributed by atoms with van der Waals surface area (Å²) in [4.78, 5) is 9.87. The van der Waals surface area contributed by atoms with Crippen LogP contribution in [0.5, 0.6) is 0 Å². The van der Waals surface area contributed by atoms with Gasteiger partial charge in [-0.2, -0.15) is 0 Å². The summed E-state index contributed by atoms with van der Waals surface area (Å²) in [5, 5.41) is 1.22. The molecular weight excluding hydrogens is 293 g/mol. The Morgan fingerprint density at radius 2 is 1.75 bits per heavy atom. The largest absolute Gasteiger partial charge is 0.324 e. The third-order valence-electron chi connectivity index (χ3n) is 3.16. The van der Waals surface area contributed by atoms with Crippen LogP contribution in [0.25, 0.3) is 11.0 Å². The molecule has 0 radical (unpaired) electrons. The van der Waals surface area contributed by atoms with Crippen LogP contribution in [-0.2, 0) is 0 Å². The lowest BCUT2D eigenvalue weighted by Gasteiger charge is -2.22. The Balaban J connectivity index is 2.14. The van der Waals surface area contributed by atoms with Crippen molar-refractivity contribution in [1.29, 1.82) is 0 Å². The predicted molar refractivity (Wildman–Crippen MR) is 85.2 cm³/mol. The zero-order valence-electron chi connectivity index (χ0n) is 10.9. The summed E-state index contributed by atoms with van der Waals surface area (Å²) in [5.74, 6) is 0.740. The van der Waals surface area contributed by atoms with E-state index in [4.69, 9.17) is 23.2 Å². The van der Waals surface area contributed by atoms with Crippen LogP contribution >= 0.6 is 23.2 Å². The fourth-order valence-electron chi connectivity index (χ4n) is 2.23. The SMILES string of the molecule is CCN(c1nc2ccccc2[nH]1)c1c(Cl)cccc1Cl. The van der Waals surface area contributed by atoms with Gasteiger partial charge in [-0.05, 0) is 31.2 Å². The van der Waals surface area contributed by atoms with Crippen LogP contribution in [0, 0.1) is 0 Å². The van der Waals surface area contributed by atoms with E-state index in [-0.39, 0.29) is 0 Å². The molecule has 0 aliphatic rings. The van der Waals surface area contributed by atoms with Gasteiger partial charge in [0.25, 0.3) is 0 Å². The number of H-pyrrole nitrogens is 1. The van der Waals surface area contributed by atoms with Crippen LogP contribution in [-0.4, -0.2) is 16.5 Å². The summed E-state index contributed by atoms with van der Waals surface area (Å²) in [6.45, 7) is 2.75. The number of hydrogen-bond acceptors (Lipinski definition) is 2. The van der Waals surface area contributed by atoms with E-state index in [9.17, 15) is 0 Å². The molecule has 3 nitrogen and oxygen atoms in total. The maximum atomic E-state index is 6.28. The van der Waals surface area contributed by atoms with E-state index in [2.05, 4.69) is 9.97 Å². The number of aromatic nitrogens is 2. The van der Waals surface area contributed by atoms with E-state index in [1.165, 1.54) is 0 Å². The Kier molecular flexibility index (Phi) is 3.55. The molecule has 0 spiro atoms. The third-order valence-corrected chi connectivity index (χ3v) is 3.77. The minimum Gasteiger partial charge on any atom is -0.324 e. The van der Waals surface area contributed by atoms with Crippen molar-refractivity contribution in [3.05, 3.63) is 52.5 Å². The zero-order valence-corrected chi connectivity index (χ0v) is 12.4. The van der Waals surface area contributed by atoms with Crippen LogP contribution in [0.15, 0.2) is 42.5 Å². The first kappa shape index (κ1) is 13.3. The molecule has 0 amide bonds. The number of aromatic amines is 1. The van der Waals surface area contributed by atoms with Crippen LogP contribution in [0.1, 0.15) is 6.92 Å². The molecule has 0 aliphatic heterocycles. The van der Waals surface area contributed by atoms with Crippen molar-refractivity contribution in [3.63, 3.8) is 0 Å². The Morgan fingerprint density at radius 1 is 1.05 bits per heavy atom. The minimum atomic E-state index is 0.611. The average Bonchev–Trinajstić information content (AvgIpc) is 2.86. The van der Waals surface area contributed by atoms with E-state index in [1.807, 2.05) is 54.3 Å². The van der Waals surface area contributed by atoms with Crippen molar-refractivity contribution in [2.45, 2.75) is 6.92 Å². The Hall–Kier alpha value is -1.71. The lowest BCUT2D eigenvalue weighted by Crippen LogP contribution is -2.18. The van der Waals surface area contributed by atoms with Gasteiger partial charge < -0.3 is 9.88 Å². The van der Waals surface area contributed by atoms with Crippen molar-refractivity contribution in [2.24, 2.45) is 0 Å². The zero-order chi connectivity index (χ0) is 14.1. The maximum absolute atomic E-state index is 6.28. The van der Waals surface area contributed by atoms with Gasteiger partial charge in [0, 0.05) is 6.54 Å². The summed E-state index contributed by atoms with van der Waals surface area (Å²) < 4.78 is 0. The molecular formula is C15H13Cl2N3. The number of anilines is 2. The van der Waals surface area contributed by atoms with Gasteiger partial charge in [-0.1, -0.05) is 41.4 Å². The Morgan fingerprint density at radius 3 is 2.40 bits per heavy atom. The highest BCUT2D eigenvalue weighted by atomic mass is 35.5. The molecule has 5 heteroatoms. The fraction of sp³-hybridized carbons (Fsp3) is 0.133. The van der Waals surface area contributed by atoms with Gasteiger partial charge in [0.1, 0.15) is 0 Å². The summed E-state index contributed by atoms with van der Waals surface area (Å²) >= 11 is 12.6. The average molecular weight is 306 g/mol. The van der Waals surface area contributed by atoms with Crippen LogP contribution in [0.3, 0.4) is 0 Å². The van der Waals surface area contributed by atoms with Gasteiger partial charge in [0.2, 0.25) is 5.95 Å². The second kappa shape index (κ2) is 5.35.